The summed E-state index contributed by atoms with van der Waals surface area (Å²) in [5.74, 6) is -0.802. The van der Waals surface area contributed by atoms with Crippen LogP contribution >= 0.6 is 11.6 Å². The van der Waals surface area contributed by atoms with Gasteiger partial charge in [0.25, 0.3) is 5.91 Å². The molecule has 2 aromatic carbocycles. The number of anilines is 2. The second-order valence-corrected chi connectivity index (χ2v) is 7.36. The molecule has 2 aliphatic heterocycles. The lowest BCUT2D eigenvalue weighted by atomic mass is 10.1. The van der Waals surface area contributed by atoms with Crippen molar-refractivity contribution in [2.24, 2.45) is 0 Å². The fourth-order valence-electron chi connectivity index (χ4n) is 3.86. The molecular weight excluding hydrogens is 369 g/mol. The fourth-order valence-corrected chi connectivity index (χ4v) is 3.99. The van der Waals surface area contributed by atoms with E-state index in [1.54, 1.807) is 0 Å². The van der Waals surface area contributed by atoms with Crippen LogP contribution in [-0.2, 0) is 9.59 Å². The number of amides is 2. The predicted octanol–water partition coefficient (Wildman–Crippen LogP) is 1.52. The number of halogens is 2. The van der Waals surface area contributed by atoms with Crippen LogP contribution in [0.15, 0.2) is 48.5 Å². The summed E-state index contributed by atoms with van der Waals surface area (Å²) in [6, 6.07) is 12.8. The molecule has 2 saturated heterocycles. The lowest BCUT2D eigenvalue weighted by Gasteiger charge is -2.35. The average molecular weight is 389 g/mol. The topological polar surface area (TPSA) is 45.1 Å². The highest BCUT2D eigenvalue weighted by atomic mass is 35.5. The Labute approximate surface area is 161 Å². The first-order valence-corrected chi connectivity index (χ1v) is 9.38. The number of nitrogens with zero attached hydrogens (tertiary/aromatic N) is 2. The van der Waals surface area contributed by atoms with E-state index in [4.69, 9.17) is 11.6 Å². The molecule has 1 N–H and O–H groups in total. The quantitative estimate of drug-likeness (QED) is 0.811. The van der Waals surface area contributed by atoms with Crippen LogP contribution < -0.4 is 14.7 Å². The number of benzene rings is 2. The van der Waals surface area contributed by atoms with E-state index in [2.05, 4.69) is 4.90 Å². The minimum atomic E-state index is -0.390. The van der Waals surface area contributed by atoms with Crippen LogP contribution in [0.5, 0.6) is 0 Å². The Morgan fingerprint density at radius 2 is 1.52 bits per heavy atom. The van der Waals surface area contributed by atoms with Gasteiger partial charge < -0.3 is 9.80 Å². The fraction of sp³-hybridized carbons (Fsp3) is 0.300. The van der Waals surface area contributed by atoms with Crippen LogP contribution in [0.1, 0.15) is 6.42 Å². The molecule has 0 spiro atoms. The number of carbonyl (C=O) groups excluding carboxylic acids is 2. The van der Waals surface area contributed by atoms with Crippen molar-refractivity contribution >= 4 is 34.8 Å². The van der Waals surface area contributed by atoms with E-state index in [-0.39, 0.29) is 24.3 Å². The highest BCUT2D eigenvalue weighted by molar-refractivity contribution is 6.30. The molecule has 0 radical (unpaired) electrons. The van der Waals surface area contributed by atoms with Gasteiger partial charge in [-0.3, -0.25) is 9.59 Å². The summed E-state index contributed by atoms with van der Waals surface area (Å²) in [4.78, 5) is 29.9. The molecule has 0 bridgehead atoms. The van der Waals surface area contributed by atoms with Crippen molar-refractivity contribution in [2.45, 2.75) is 12.5 Å². The first-order chi connectivity index (χ1) is 13.0. The SMILES string of the molecule is O=C1C[C@H]([NH+]2CCN(c3ccc(Cl)cc3)CC2)C(=O)N1c1ccc(F)cc1. The van der Waals surface area contributed by atoms with Crippen LogP contribution in [0.2, 0.25) is 5.02 Å². The normalized spacial score (nSPS) is 21.2. The molecule has 2 aliphatic rings. The molecule has 27 heavy (non-hydrogen) atoms. The summed E-state index contributed by atoms with van der Waals surface area (Å²) in [6.45, 7) is 3.18. The van der Waals surface area contributed by atoms with Gasteiger partial charge in [0.1, 0.15) is 5.82 Å². The standard InChI is InChI=1S/C20H19ClFN3O2/c21-14-1-5-16(6-2-14)23-9-11-24(12-10-23)18-13-19(26)25(20(18)27)17-7-3-15(22)4-8-17/h1-8,18H,9-13H2/p+1/t18-/m0/s1. The summed E-state index contributed by atoms with van der Waals surface area (Å²) < 4.78 is 13.1. The van der Waals surface area contributed by atoms with Crippen molar-refractivity contribution in [3.63, 3.8) is 0 Å². The van der Waals surface area contributed by atoms with Gasteiger partial charge in [0.05, 0.1) is 38.3 Å². The Morgan fingerprint density at radius 1 is 0.926 bits per heavy atom. The van der Waals surface area contributed by atoms with Crippen LogP contribution in [0.4, 0.5) is 15.8 Å². The van der Waals surface area contributed by atoms with Crippen molar-refractivity contribution in [1.29, 1.82) is 0 Å². The van der Waals surface area contributed by atoms with E-state index in [1.165, 1.54) is 29.2 Å². The third-order valence-corrected chi connectivity index (χ3v) is 5.57. The van der Waals surface area contributed by atoms with Gasteiger partial charge in [0.15, 0.2) is 6.04 Å². The van der Waals surface area contributed by atoms with E-state index in [9.17, 15) is 14.0 Å². The second-order valence-electron chi connectivity index (χ2n) is 6.92. The number of quaternary nitrogens is 1. The molecule has 5 nitrogen and oxygen atoms in total. The van der Waals surface area contributed by atoms with Crippen molar-refractivity contribution in [2.75, 3.05) is 36.0 Å². The van der Waals surface area contributed by atoms with Gasteiger partial charge >= 0.3 is 0 Å². The van der Waals surface area contributed by atoms with E-state index < -0.39 is 5.82 Å². The molecule has 2 aromatic rings. The molecule has 0 unspecified atom stereocenters. The maximum atomic E-state index is 13.1. The Bertz CT molecular complexity index is 849. The number of rotatable bonds is 3. The predicted molar refractivity (Wildman–Crippen MR) is 102 cm³/mol. The minimum Gasteiger partial charge on any atom is -0.360 e. The molecule has 2 fully saturated rings. The lowest BCUT2D eigenvalue weighted by molar-refractivity contribution is -0.915. The molecule has 7 heteroatoms. The van der Waals surface area contributed by atoms with Gasteiger partial charge in [-0.2, -0.15) is 0 Å². The van der Waals surface area contributed by atoms with Crippen molar-refractivity contribution in [3.8, 4) is 0 Å². The molecule has 2 heterocycles. The summed E-state index contributed by atoms with van der Waals surface area (Å²) in [7, 11) is 0. The van der Waals surface area contributed by atoms with E-state index >= 15 is 0 Å². The first-order valence-electron chi connectivity index (χ1n) is 9.00. The van der Waals surface area contributed by atoms with Crippen LogP contribution in [0.3, 0.4) is 0 Å². The lowest BCUT2D eigenvalue weighted by Crippen LogP contribution is -3.19. The van der Waals surface area contributed by atoms with Crippen molar-refractivity contribution < 1.29 is 18.9 Å². The summed E-state index contributed by atoms with van der Waals surface area (Å²) in [5.41, 5.74) is 1.55. The molecule has 140 valence electrons. The highest BCUT2D eigenvalue weighted by Crippen LogP contribution is 2.23. The highest BCUT2D eigenvalue weighted by Gasteiger charge is 2.46. The summed E-state index contributed by atoms with van der Waals surface area (Å²) in [6.07, 6.45) is 0.201. The largest absolute Gasteiger partial charge is 0.360 e. The number of hydrogen-bond acceptors (Lipinski definition) is 3. The number of carbonyl (C=O) groups is 2. The second kappa shape index (κ2) is 7.29. The van der Waals surface area contributed by atoms with Gasteiger partial charge in [0, 0.05) is 10.7 Å². The van der Waals surface area contributed by atoms with Crippen molar-refractivity contribution in [3.05, 3.63) is 59.4 Å². The van der Waals surface area contributed by atoms with E-state index in [0.717, 1.165) is 36.8 Å². The van der Waals surface area contributed by atoms with E-state index in [0.29, 0.717) is 10.7 Å². The van der Waals surface area contributed by atoms with Gasteiger partial charge in [-0.1, -0.05) is 11.6 Å². The Hall–Kier alpha value is -2.44. The Kier molecular flexibility index (Phi) is 4.85. The molecule has 0 saturated carbocycles. The Balaban J connectivity index is 1.43. The molecule has 2 amide bonds. The Morgan fingerprint density at radius 3 is 2.15 bits per heavy atom. The van der Waals surface area contributed by atoms with Crippen molar-refractivity contribution in [1.82, 2.24) is 0 Å². The minimum absolute atomic E-state index is 0.193. The monoisotopic (exact) mass is 388 g/mol. The summed E-state index contributed by atoms with van der Waals surface area (Å²) >= 11 is 5.94. The molecule has 0 aromatic heterocycles. The third kappa shape index (κ3) is 3.55. The molecular formula is C20H20ClFN3O2+. The number of hydrogen-bond donors (Lipinski definition) is 1. The van der Waals surface area contributed by atoms with Gasteiger partial charge in [-0.05, 0) is 48.5 Å². The zero-order valence-electron chi connectivity index (χ0n) is 14.7. The van der Waals surface area contributed by atoms with Crippen LogP contribution in [0.25, 0.3) is 0 Å². The van der Waals surface area contributed by atoms with Gasteiger partial charge in [-0.15, -0.1) is 0 Å². The summed E-state index contributed by atoms with van der Waals surface area (Å²) in [5, 5.41) is 0.707. The zero-order chi connectivity index (χ0) is 19.0. The third-order valence-electron chi connectivity index (χ3n) is 5.32. The number of imide groups is 1. The average Bonchev–Trinajstić information content (AvgIpc) is 2.98. The molecule has 1 atom stereocenters. The van der Waals surface area contributed by atoms with Gasteiger partial charge in [0.2, 0.25) is 5.91 Å². The van der Waals surface area contributed by atoms with Crippen LogP contribution in [0, 0.1) is 5.82 Å². The maximum absolute atomic E-state index is 13.1. The van der Waals surface area contributed by atoms with Gasteiger partial charge in [-0.25, -0.2) is 9.29 Å². The maximum Gasteiger partial charge on any atom is 0.292 e. The first kappa shape index (κ1) is 17.9. The van der Waals surface area contributed by atoms with Crippen LogP contribution in [-0.4, -0.2) is 44.0 Å². The number of nitrogens with one attached hydrogen (secondary N) is 1. The zero-order valence-corrected chi connectivity index (χ0v) is 15.5. The molecule has 4 rings (SSSR count). The molecule has 0 aliphatic carbocycles. The van der Waals surface area contributed by atoms with E-state index in [1.807, 2.05) is 24.3 Å². The smallest absolute Gasteiger partial charge is 0.292 e. The number of piperazine rings is 1.